The Kier molecular flexibility index (Phi) is 10.5. The molecule has 0 aromatic heterocycles. The van der Waals surface area contributed by atoms with Crippen LogP contribution < -0.4 is 10.1 Å². The molecule has 4 aromatic carbocycles. The molecule has 0 unspecified atom stereocenters. The van der Waals surface area contributed by atoms with Crippen molar-refractivity contribution in [1.82, 2.24) is 10.2 Å². The second-order valence-corrected chi connectivity index (χ2v) is 9.95. The van der Waals surface area contributed by atoms with E-state index in [-0.39, 0.29) is 24.2 Å². The summed E-state index contributed by atoms with van der Waals surface area (Å²) in [5.74, 6) is 0.358. The van der Waals surface area contributed by atoms with Gasteiger partial charge in [-0.2, -0.15) is 0 Å². The smallest absolute Gasteiger partial charge is 0.243 e. The first-order valence-electron chi connectivity index (χ1n) is 13.9. The molecule has 206 valence electrons. The second-order valence-electron chi connectivity index (χ2n) is 9.95. The molecule has 0 fully saturated rings. The molecule has 1 N–H and O–H groups in total. The van der Waals surface area contributed by atoms with Crippen molar-refractivity contribution in [3.63, 3.8) is 0 Å². The van der Waals surface area contributed by atoms with Gasteiger partial charge in [-0.25, -0.2) is 0 Å². The lowest BCUT2D eigenvalue weighted by atomic mass is 9.87. The summed E-state index contributed by atoms with van der Waals surface area (Å²) < 4.78 is 5.45. The summed E-state index contributed by atoms with van der Waals surface area (Å²) >= 11 is 0. The molecule has 0 bridgehead atoms. The van der Waals surface area contributed by atoms with Crippen molar-refractivity contribution < 1.29 is 14.3 Å². The van der Waals surface area contributed by atoms with Gasteiger partial charge in [-0.05, 0) is 40.8 Å². The Labute approximate surface area is 237 Å². The van der Waals surface area contributed by atoms with E-state index in [0.717, 1.165) is 28.7 Å². The fraction of sp³-hybridized carbons (Fsp3) is 0.257. The van der Waals surface area contributed by atoms with Gasteiger partial charge in [0, 0.05) is 31.8 Å². The van der Waals surface area contributed by atoms with E-state index in [1.54, 1.807) is 12.0 Å². The zero-order valence-electron chi connectivity index (χ0n) is 23.3. The highest BCUT2D eigenvalue weighted by Crippen LogP contribution is 2.30. The Morgan fingerprint density at radius 3 is 1.93 bits per heavy atom. The predicted molar refractivity (Wildman–Crippen MR) is 160 cm³/mol. The molecule has 4 aromatic rings. The van der Waals surface area contributed by atoms with Crippen LogP contribution in [0.3, 0.4) is 0 Å². The monoisotopic (exact) mass is 534 g/mol. The third-order valence-corrected chi connectivity index (χ3v) is 7.09. The van der Waals surface area contributed by atoms with E-state index in [4.69, 9.17) is 4.74 Å². The standard InChI is InChI=1S/C35H38N2O3/c1-3-22-36-35(39)33(24-27-14-7-4-8-15-27)37(26-28-16-13-21-31(23-28)40-2)34(38)25-32(29-17-9-5-10-18-29)30-19-11-6-12-20-30/h4-21,23,32-33H,3,22,24-26H2,1-2H3,(H,36,39)/t33-/m0/s1. The number of nitrogens with zero attached hydrogens (tertiary/aromatic N) is 1. The highest BCUT2D eigenvalue weighted by Gasteiger charge is 2.32. The fourth-order valence-corrected chi connectivity index (χ4v) is 4.98. The molecule has 2 amide bonds. The molecular weight excluding hydrogens is 496 g/mol. The topological polar surface area (TPSA) is 58.6 Å². The first kappa shape index (κ1) is 28.6. The quantitative estimate of drug-likeness (QED) is 0.216. The number of hydrogen-bond donors (Lipinski definition) is 1. The maximum Gasteiger partial charge on any atom is 0.243 e. The summed E-state index contributed by atoms with van der Waals surface area (Å²) in [4.78, 5) is 29.8. The molecule has 0 aliphatic rings. The number of carbonyl (C=O) groups excluding carboxylic acids is 2. The number of rotatable bonds is 13. The van der Waals surface area contributed by atoms with Crippen LogP contribution in [0.15, 0.2) is 115 Å². The first-order valence-corrected chi connectivity index (χ1v) is 13.9. The molecule has 0 spiro atoms. The van der Waals surface area contributed by atoms with Crippen molar-refractivity contribution in [3.05, 3.63) is 138 Å². The van der Waals surface area contributed by atoms with Crippen molar-refractivity contribution in [2.75, 3.05) is 13.7 Å². The van der Waals surface area contributed by atoms with Gasteiger partial charge in [0.25, 0.3) is 0 Å². The van der Waals surface area contributed by atoms with Crippen molar-refractivity contribution in [2.24, 2.45) is 0 Å². The molecule has 0 saturated heterocycles. The number of ether oxygens (including phenoxy) is 1. The number of nitrogens with one attached hydrogen (secondary N) is 1. The third kappa shape index (κ3) is 7.82. The van der Waals surface area contributed by atoms with E-state index in [9.17, 15) is 9.59 Å². The first-order chi connectivity index (χ1) is 19.6. The van der Waals surface area contributed by atoms with Crippen LogP contribution >= 0.6 is 0 Å². The van der Waals surface area contributed by atoms with Gasteiger partial charge in [0.2, 0.25) is 11.8 Å². The van der Waals surface area contributed by atoms with Crippen LogP contribution in [0.4, 0.5) is 0 Å². The Morgan fingerprint density at radius 1 is 0.775 bits per heavy atom. The number of amides is 2. The number of carbonyl (C=O) groups is 2. The summed E-state index contributed by atoms with van der Waals surface area (Å²) in [7, 11) is 1.63. The highest BCUT2D eigenvalue weighted by atomic mass is 16.5. The molecule has 0 aliphatic carbocycles. The van der Waals surface area contributed by atoms with Crippen LogP contribution in [0.25, 0.3) is 0 Å². The molecule has 0 saturated carbocycles. The van der Waals surface area contributed by atoms with Gasteiger partial charge in [-0.3, -0.25) is 9.59 Å². The van der Waals surface area contributed by atoms with Crippen LogP contribution in [0.5, 0.6) is 5.75 Å². The van der Waals surface area contributed by atoms with E-state index in [2.05, 4.69) is 29.6 Å². The minimum atomic E-state index is -0.667. The summed E-state index contributed by atoms with van der Waals surface area (Å²) in [6.07, 6.45) is 1.48. The molecule has 40 heavy (non-hydrogen) atoms. The van der Waals surface area contributed by atoms with Gasteiger partial charge in [0.1, 0.15) is 11.8 Å². The van der Waals surface area contributed by atoms with Crippen LogP contribution in [-0.4, -0.2) is 36.4 Å². The lowest BCUT2D eigenvalue weighted by Crippen LogP contribution is -2.50. The molecule has 4 rings (SSSR count). The van der Waals surface area contributed by atoms with Crippen LogP contribution in [0.1, 0.15) is 47.9 Å². The van der Waals surface area contributed by atoms with Crippen LogP contribution in [0, 0.1) is 0 Å². The molecular formula is C35H38N2O3. The van der Waals surface area contributed by atoms with Crippen molar-refractivity contribution in [1.29, 1.82) is 0 Å². The van der Waals surface area contributed by atoms with Gasteiger partial charge in [-0.15, -0.1) is 0 Å². The third-order valence-electron chi connectivity index (χ3n) is 7.09. The number of methoxy groups -OCH3 is 1. The molecule has 5 nitrogen and oxygen atoms in total. The number of benzene rings is 4. The van der Waals surface area contributed by atoms with Crippen LogP contribution in [-0.2, 0) is 22.6 Å². The molecule has 0 heterocycles. The fourth-order valence-electron chi connectivity index (χ4n) is 4.98. The number of hydrogen-bond acceptors (Lipinski definition) is 3. The van der Waals surface area contributed by atoms with Gasteiger partial charge in [0.05, 0.1) is 7.11 Å². The van der Waals surface area contributed by atoms with E-state index in [1.165, 1.54) is 0 Å². The summed E-state index contributed by atoms with van der Waals surface area (Å²) in [6.45, 7) is 2.88. The lowest BCUT2D eigenvalue weighted by Gasteiger charge is -2.33. The van der Waals surface area contributed by atoms with Crippen LogP contribution in [0.2, 0.25) is 0 Å². The van der Waals surface area contributed by atoms with Gasteiger partial charge in [0.15, 0.2) is 0 Å². The highest BCUT2D eigenvalue weighted by molar-refractivity contribution is 5.88. The molecule has 0 radical (unpaired) electrons. The lowest BCUT2D eigenvalue weighted by molar-refractivity contribution is -0.141. The minimum Gasteiger partial charge on any atom is -0.497 e. The second kappa shape index (κ2) is 14.7. The SMILES string of the molecule is CCCNC(=O)[C@H](Cc1ccccc1)N(Cc1cccc(OC)c1)C(=O)CC(c1ccccc1)c1ccccc1. The normalized spacial score (nSPS) is 11.6. The minimum absolute atomic E-state index is 0.0758. The Morgan fingerprint density at radius 2 is 1.35 bits per heavy atom. The molecule has 1 atom stereocenters. The Bertz CT molecular complexity index is 1300. The van der Waals surface area contributed by atoms with Gasteiger partial charge in [-0.1, -0.05) is 110 Å². The van der Waals surface area contributed by atoms with Gasteiger partial charge >= 0.3 is 0 Å². The van der Waals surface area contributed by atoms with E-state index in [0.29, 0.717) is 25.3 Å². The van der Waals surface area contributed by atoms with Gasteiger partial charge < -0.3 is 15.0 Å². The summed E-state index contributed by atoms with van der Waals surface area (Å²) in [5, 5.41) is 3.06. The molecule has 5 heteroatoms. The zero-order valence-corrected chi connectivity index (χ0v) is 23.3. The largest absolute Gasteiger partial charge is 0.497 e. The van der Waals surface area contributed by atoms with E-state index >= 15 is 0 Å². The zero-order chi connectivity index (χ0) is 28.2. The predicted octanol–water partition coefficient (Wildman–Crippen LogP) is 6.38. The average Bonchev–Trinajstić information content (AvgIpc) is 3.01. The maximum absolute atomic E-state index is 14.4. The average molecular weight is 535 g/mol. The molecule has 0 aliphatic heterocycles. The van der Waals surface area contributed by atoms with Crippen molar-refractivity contribution in [2.45, 2.75) is 44.7 Å². The van der Waals surface area contributed by atoms with Crippen molar-refractivity contribution >= 4 is 11.8 Å². The summed E-state index contributed by atoms with van der Waals surface area (Å²) in [6, 6.07) is 37.1. The van der Waals surface area contributed by atoms with E-state index in [1.807, 2.05) is 97.9 Å². The van der Waals surface area contributed by atoms with E-state index < -0.39 is 6.04 Å². The maximum atomic E-state index is 14.4. The summed E-state index contributed by atoms with van der Waals surface area (Å²) in [5.41, 5.74) is 4.05. The Hall–Kier alpha value is -4.38. The Balaban J connectivity index is 1.73. The van der Waals surface area contributed by atoms with Crippen molar-refractivity contribution in [3.8, 4) is 5.75 Å².